The topological polar surface area (TPSA) is 115 Å². The number of amides is 1. The molecule has 0 radical (unpaired) electrons. The van der Waals surface area contributed by atoms with E-state index in [4.69, 9.17) is 38.3 Å². The van der Waals surface area contributed by atoms with Crippen LogP contribution in [-0.2, 0) is 0 Å². The number of Topliss-reactive ketones (excluding diaryl/α,β-unsaturated/α-hetero) is 1. The number of nitrogens with two attached hydrogens (primary N) is 1. The molecule has 9 heteroatoms. The van der Waals surface area contributed by atoms with Gasteiger partial charge in [0.25, 0.3) is 5.91 Å². The van der Waals surface area contributed by atoms with Crippen molar-refractivity contribution in [3.05, 3.63) is 82.2 Å². The summed E-state index contributed by atoms with van der Waals surface area (Å²) in [5, 5.41) is 8.35. The molecule has 186 valence electrons. The number of pyridine rings is 1. The predicted octanol–water partition coefficient (Wildman–Crippen LogP) is 7.19. The molecule has 37 heavy (non-hydrogen) atoms. The molecule has 0 fully saturated rings. The Kier molecular flexibility index (Phi) is 6.14. The van der Waals surface area contributed by atoms with Crippen molar-refractivity contribution in [2.75, 3.05) is 0 Å². The number of H-pyrrole nitrogens is 1. The molecule has 3 heterocycles. The largest absolute Gasteiger partial charge is 0.434 e. The number of nitrogens with one attached hydrogen (secondary N) is 1. The summed E-state index contributed by atoms with van der Waals surface area (Å²) in [4.78, 5) is 30.4. The molecule has 0 spiro atoms. The van der Waals surface area contributed by atoms with Crippen LogP contribution >= 0.6 is 23.2 Å². The first-order chi connectivity index (χ1) is 17.5. The van der Waals surface area contributed by atoms with Crippen LogP contribution in [0.1, 0.15) is 41.7 Å². The molecule has 0 aliphatic heterocycles. The van der Waals surface area contributed by atoms with Gasteiger partial charge in [0.05, 0.1) is 27.4 Å². The van der Waals surface area contributed by atoms with Gasteiger partial charge >= 0.3 is 0 Å². The lowest BCUT2D eigenvalue weighted by Gasteiger charge is -2.14. The number of carbonyl (C=O) groups excluding carboxylic acids is 2. The van der Waals surface area contributed by atoms with Gasteiger partial charge in [-0.2, -0.15) is 5.10 Å². The summed E-state index contributed by atoms with van der Waals surface area (Å²) in [5.41, 5.74) is 9.20. The van der Waals surface area contributed by atoms with Gasteiger partial charge in [-0.25, -0.2) is 4.98 Å². The monoisotopic (exact) mass is 532 g/mol. The van der Waals surface area contributed by atoms with Crippen LogP contribution in [0.5, 0.6) is 0 Å². The standard InChI is InChI=1S/C28H22Cl2N4O3/c1-28(2,3)25(35)24-22(26(31)36)19-13-18(14-4-7-16(29)8-5-14)23(33-27(19)37-24)17-9-6-15(12-20(17)30)21-10-11-32-34-21/h4-13H,1-3H3,(H2,31,36)(H,32,34). The Balaban J connectivity index is 1.80. The van der Waals surface area contributed by atoms with Crippen molar-refractivity contribution in [2.45, 2.75) is 20.8 Å². The molecule has 1 amide bonds. The minimum atomic E-state index is -0.800. The number of fused-ring (bicyclic) bond motifs is 1. The molecular formula is C28H22Cl2N4O3. The average Bonchev–Trinajstić information content (AvgIpc) is 3.51. The Morgan fingerprint density at radius 3 is 2.24 bits per heavy atom. The molecule has 3 N–H and O–H groups in total. The highest BCUT2D eigenvalue weighted by molar-refractivity contribution is 6.34. The Labute approximate surface area is 222 Å². The Hall–Kier alpha value is -3.94. The van der Waals surface area contributed by atoms with Gasteiger partial charge in [-0.15, -0.1) is 0 Å². The first-order valence-corrected chi connectivity index (χ1v) is 12.2. The number of carbonyl (C=O) groups is 2. The Morgan fingerprint density at radius 1 is 0.946 bits per heavy atom. The van der Waals surface area contributed by atoms with Crippen LogP contribution in [-0.4, -0.2) is 26.9 Å². The molecule has 7 nitrogen and oxygen atoms in total. The highest BCUT2D eigenvalue weighted by Gasteiger charge is 2.33. The molecular weight excluding hydrogens is 511 g/mol. The molecule has 0 aliphatic carbocycles. The SMILES string of the molecule is CC(C)(C)C(=O)c1oc2nc(-c3ccc(-c4cc[nH]n4)cc3Cl)c(-c3ccc(Cl)cc3)cc2c1C(N)=O. The zero-order chi connectivity index (χ0) is 26.5. The van der Waals surface area contributed by atoms with Gasteiger partial charge in [-0.3, -0.25) is 14.7 Å². The molecule has 5 rings (SSSR count). The van der Waals surface area contributed by atoms with Crippen LogP contribution in [0, 0.1) is 5.41 Å². The van der Waals surface area contributed by atoms with Gasteiger partial charge in [0.1, 0.15) is 0 Å². The second kappa shape index (κ2) is 9.18. The summed E-state index contributed by atoms with van der Waals surface area (Å²) in [6.07, 6.45) is 1.73. The number of ketones is 1. The number of nitrogens with zero attached hydrogens (tertiary/aromatic N) is 2. The number of hydrogen-bond donors (Lipinski definition) is 2. The molecule has 0 aliphatic rings. The predicted molar refractivity (Wildman–Crippen MR) is 145 cm³/mol. The van der Waals surface area contributed by atoms with E-state index >= 15 is 0 Å². The van der Waals surface area contributed by atoms with Crippen molar-refractivity contribution >= 4 is 46.0 Å². The van der Waals surface area contributed by atoms with Crippen molar-refractivity contribution in [2.24, 2.45) is 11.1 Å². The fourth-order valence-electron chi connectivity index (χ4n) is 4.11. The first kappa shape index (κ1) is 24.7. The quantitative estimate of drug-likeness (QED) is 0.232. The van der Waals surface area contributed by atoms with Crippen molar-refractivity contribution < 1.29 is 14.0 Å². The highest BCUT2D eigenvalue weighted by Crippen LogP contribution is 2.40. The fourth-order valence-corrected chi connectivity index (χ4v) is 4.51. The molecule has 0 unspecified atom stereocenters. The van der Waals surface area contributed by atoms with E-state index in [1.807, 2.05) is 30.3 Å². The number of hydrogen-bond acceptors (Lipinski definition) is 5. The van der Waals surface area contributed by atoms with E-state index in [1.54, 1.807) is 51.2 Å². The molecule has 3 aromatic heterocycles. The van der Waals surface area contributed by atoms with Crippen LogP contribution in [0.25, 0.3) is 44.7 Å². The summed E-state index contributed by atoms with van der Waals surface area (Å²) in [7, 11) is 0. The van der Waals surface area contributed by atoms with E-state index < -0.39 is 11.3 Å². The number of halogens is 2. The summed E-state index contributed by atoms with van der Waals surface area (Å²) in [5.74, 6) is -1.23. The van der Waals surface area contributed by atoms with E-state index in [2.05, 4.69) is 10.2 Å². The average molecular weight is 533 g/mol. The Morgan fingerprint density at radius 2 is 1.65 bits per heavy atom. The zero-order valence-electron chi connectivity index (χ0n) is 20.2. The molecule has 0 atom stereocenters. The van der Waals surface area contributed by atoms with Crippen LogP contribution in [0.3, 0.4) is 0 Å². The highest BCUT2D eigenvalue weighted by atomic mass is 35.5. The summed E-state index contributed by atoms with van der Waals surface area (Å²) < 4.78 is 5.90. The minimum absolute atomic E-state index is 0.00386. The lowest BCUT2D eigenvalue weighted by molar-refractivity contribution is 0.0822. The van der Waals surface area contributed by atoms with E-state index in [0.29, 0.717) is 32.3 Å². The number of primary amides is 1. The molecule has 0 saturated carbocycles. The molecule has 2 aromatic carbocycles. The molecule has 0 bridgehead atoms. The van der Waals surface area contributed by atoms with Crippen LogP contribution in [0.2, 0.25) is 10.0 Å². The zero-order valence-corrected chi connectivity index (χ0v) is 21.7. The fraction of sp³-hybridized carbons (Fsp3) is 0.143. The second-order valence-electron chi connectivity index (χ2n) is 9.65. The minimum Gasteiger partial charge on any atom is -0.434 e. The van der Waals surface area contributed by atoms with E-state index in [0.717, 1.165) is 16.8 Å². The van der Waals surface area contributed by atoms with Crippen molar-refractivity contribution in [1.29, 1.82) is 0 Å². The third-order valence-corrected chi connectivity index (χ3v) is 6.56. The maximum Gasteiger partial charge on any atom is 0.253 e. The number of benzene rings is 2. The maximum atomic E-state index is 13.1. The van der Waals surface area contributed by atoms with Crippen LogP contribution < -0.4 is 5.73 Å². The molecule has 5 aromatic rings. The van der Waals surface area contributed by atoms with Crippen molar-refractivity contribution in [3.63, 3.8) is 0 Å². The van der Waals surface area contributed by atoms with Crippen LogP contribution in [0.15, 0.2) is 65.2 Å². The van der Waals surface area contributed by atoms with E-state index in [9.17, 15) is 9.59 Å². The lowest BCUT2D eigenvalue weighted by atomic mass is 9.87. The summed E-state index contributed by atoms with van der Waals surface area (Å²) in [6, 6.07) is 16.3. The third kappa shape index (κ3) is 4.52. The van der Waals surface area contributed by atoms with Gasteiger partial charge in [-0.05, 0) is 35.9 Å². The number of rotatable bonds is 5. The van der Waals surface area contributed by atoms with Gasteiger partial charge in [-0.1, -0.05) is 68.2 Å². The third-order valence-electron chi connectivity index (χ3n) is 5.99. The maximum absolute atomic E-state index is 13.1. The van der Waals surface area contributed by atoms with Gasteiger partial charge in [0, 0.05) is 33.3 Å². The number of furan rings is 1. The van der Waals surface area contributed by atoms with Gasteiger partial charge in [0.2, 0.25) is 11.5 Å². The van der Waals surface area contributed by atoms with Gasteiger partial charge in [0.15, 0.2) is 5.76 Å². The lowest BCUT2D eigenvalue weighted by Crippen LogP contribution is -2.23. The van der Waals surface area contributed by atoms with Gasteiger partial charge < -0.3 is 10.2 Å². The second-order valence-corrected chi connectivity index (χ2v) is 10.5. The normalized spacial score (nSPS) is 11.7. The summed E-state index contributed by atoms with van der Waals surface area (Å²) in [6.45, 7) is 5.23. The Bertz CT molecular complexity index is 1660. The first-order valence-electron chi connectivity index (χ1n) is 11.4. The van der Waals surface area contributed by atoms with Crippen molar-refractivity contribution in [1.82, 2.24) is 15.2 Å². The molecule has 0 saturated heterocycles. The summed E-state index contributed by atoms with van der Waals surface area (Å²) >= 11 is 12.9. The van der Waals surface area contributed by atoms with E-state index in [-0.39, 0.29) is 22.8 Å². The van der Waals surface area contributed by atoms with Crippen molar-refractivity contribution in [3.8, 4) is 33.6 Å². The van der Waals surface area contributed by atoms with Crippen LogP contribution in [0.4, 0.5) is 0 Å². The smallest absolute Gasteiger partial charge is 0.253 e. The van der Waals surface area contributed by atoms with E-state index in [1.165, 1.54) is 0 Å². The number of aromatic amines is 1. The number of aromatic nitrogens is 3.